The van der Waals surface area contributed by atoms with Gasteiger partial charge in [-0.15, -0.1) is 11.3 Å². The van der Waals surface area contributed by atoms with Crippen LogP contribution in [0.2, 0.25) is 0 Å². The lowest BCUT2D eigenvalue weighted by molar-refractivity contribution is 0.0916. The number of amides is 1. The van der Waals surface area contributed by atoms with Gasteiger partial charge in [-0.3, -0.25) is 4.79 Å². The van der Waals surface area contributed by atoms with Crippen LogP contribution in [0.3, 0.4) is 0 Å². The molecule has 1 fully saturated rings. The van der Waals surface area contributed by atoms with Crippen LogP contribution in [0.4, 0.5) is 0 Å². The summed E-state index contributed by atoms with van der Waals surface area (Å²) >= 11 is 1.77. The quantitative estimate of drug-likeness (QED) is 0.901. The van der Waals surface area contributed by atoms with Crippen molar-refractivity contribution in [1.82, 2.24) is 10.2 Å². The average molecular weight is 278 g/mol. The van der Waals surface area contributed by atoms with Crippen molar-refractivity contribution < 1.29 is 4.79 Å². The van der Waals surface area contributed by atoms with E-state index < -0.39 is 0 Å². The second-order valence-corrected chi connectivity index (χ2v) is 6.77. The maximum atomic E-state index is 12.4. The second kappa shape index (κ2) is 5.63. The fraction of sp³-hybridized carbons (Fsp3) is 0.667. The number of carbonyl (C=O) groups excluding carboxylic acids is 1. The molecule has 2 heterocycles. The molecular weight excluding hydrogens is 256 g/mol. The van der Waals surface area contributed by atoms with E-state index in [4.69, 9.17) is 0 Å². The minimum atomic E-state index is 0.161. The van der Waals surface area contributed by atoms with Crippen LogP contribution >= 0.6 is 11.3 Å². The molecule has 4 heteroatoms. The second-order valence-electron chi connectivity index (χ2n) is 5.81. The van der Waals surface area contributed by atoms with Crippen LogP contribution in [-0.4, -0.2) is 37.0 Å². The monoisotopic (exact) mass is 278 g/mol. The predicted octanol–water partition coefficient (Wildman–Crippen LogP) is 2.45. The van der Waals surface area contributed by atoms with Gasteiger partial charge < -0.3 is 10.2 Å². The van der Waals surface area contributed by atoms with E-state index in [2.05, 4.69) is 22.6 Å². The summed E-state index contributed by atoms with van der Waals surface area (Å²) in [6.45, 7) is 2.18. The van der Waals surface area contributed by atoms with Gasteiger partial charge in [0.25, 0.3) is 5.91 Å². The zero-order chi connectivity index (χ0) is 13.2. The van der Waals surface area contributed by atoms with E-state index in [1.54, 1.807) is 11.3 Å². The first kappa shape index (κ1) is 13.1. The molecule has 1 saturated heterocycles. The molecule has 0 bridgehead atoms. The van der Waals surface area contributed by atoms with Crippen molar-refractivity contribution in [3.63, 3.8) is 0 Å². The summed E-state index contributed by atoms with van der Waals surface area (Å²) in [6.07, 6.45) is 6.93. The zero-order valence-corrected chi connectivity index (χ0v) is 12.4. The number of hydrogen-bond donors (Lipinski definition) is 1. The summed E-state index contributed by atoms with van der Waals surface area (Å²) in [5.41, 5.74) is 2.29. The van der Waals surface area contributed by atoms with Gasteiger partial charge in [0.05, 0.1) is 5.56 Å². The maximum absolute atomic E-state index is 12.4. The molecule has 1 amide bonds. The number of nitrogens with one attached hydrogen (secondary N) is 1. The first-order chi connectivity index (χ1) is 9.24. The lowest BCUT2D eigenvalue weighted by Gasteiger charge is -2.29. The first-order valence-electron chi connectivity index (χ1n) is 7.32. The highest BCUT2D eigenvalue weighted by atomic mass is 32.1. The summed E-state index contributed by atoms with van der Waals surface area (Å²) in [5.74, 6) is 0.161. The molecule has 1 aromatic heterocycles. The fourth-order valence-corrected chi connectivity index (χ4v) is 4.23. The van der Waals surface area contributed by atoms with Gasteiger partial charge in [-0.1, -0.05) is 0 Å². The molecule has 0 radical (unpaired) electrons. The number of rotatable bonds is 2. The minimum Gasteiger partial charge on any atom is -0.349 e. The third-order valence-electron chi connectivity index (χ3n) is 4.36. The summed E-state index contributed by atoms with van der Waals surface area (Å²) in [4.78, 5) is 16.2. The molecule has 3 rings (SSSR count). The minimum absolute atomic E-state index is 0.161. The Hall–Kier alpha value is -0.870. The zero-order valence-electron chi connectivity index (χ0n) is 11.6. The third-order valence-corrected chi connectivity index (χ3v) is 5.45. The molecule has 3 nitrogen and oxygen atoms in total. The lowest BCUT2D eigenvalue weighted by Crippen LogP contribution is -2.43. The van der Waals surface area contributed by atoms with Crippen molar-refractivity contribution in [2.24, 2.45) is 0 Å². The molecule has 0 saturated carbocycles. The number of carbonyl (C=O) groups is 1. The van der Waals surface area contributed by atoms with Crippen LogP contribution in [-0.2, 0) is 12.8 Å². The van der Waals surface area contributed by atoms with Crippen molar-refractivity contribution in [1.29, 1.82) is 0 Å². The van der Waals surface area contributed by atoms with Crippen LogP contribution in [0.5, 0.6) is 0 Å². The summed E-state index contributed by atoms with van der Waals surface area (Å²) in [5, 5.41) is 5.30. The van der Waals surface area contributed by atoms with Crippen LogP contribution < -0.4 is 5.32 Å². The number of aryl methyl sites for hydroxylation is 1. The highest BCUT2D eigenvalue weighted by Crippen LogP contribution is 2.30. The largest absolute Gasteiger partial charge is 0.349 e. The fourth-order valence-electron chi connectivity index (χ4n) is 3.10. The Morgan fingerprint density at radius 1 is 1.32 bits per heavy atom. The van der Waals surface area contributed by atoms with Crippen LogP contribution in [0.25, 0.3) is 0 Å². The topological polar surface area (TPSA) is 32.3 Å². The van der Waals surface area contributed by atoms with Gasteiger partial charge in [0.2, 0.25) is 0 Å². The number of thiophene rings is 1. The van der Waals surface area contributed by atoms with Gasteiger partial charge in [-0.05, 0) is 64.2 Å². The lowest BCUT2D eigenvalue weighted by atomic mass is 9.95. The molecular formula is C15H22N2OS. The van der Waals surface area contributed by atoms with E-state index in [9.17, 15) is 4.79 Å². The van der Waals surface area contributed by atoms with E-state index in [1.165, 1.54) is 29.7 Å². The summed E-state index contributed by atoms with van der Waals surface area (Å²) in [7, 11) is 2.15. The summed E-state index contributed by atoms with van der Waals surface area (Å²) in [6, 6.07) is 0.364. The van der Waals surface area contributed by atoms with Crippen LogP contribution in [0.1, 0.15) is 46.5 Å². The molecule has 1 aromatic rings. The number of piperidine rings is 1. The van der Waals surface area contributed by atoms with E-state index in [-0.39, 0.29) is 5.91 Å². The van der Waals surface area contributed by atoms with E-state index >= 15 is 0 Å². The predicted molar refractivity (Wildman–Crippen MR) is 78.9 cm³/mol. The van der Waals surface area contributed by atoms with E-state index in [0.29, 0.717) is 6.04 Å². The smallest absolute Gasteiger partial charge is 0.252 e. The Morgan fingerprint density at radius 3 is 2.84 bits per heavy atom. The molecule has 0 unspecified atom stereocenters. The highest BCUT2D eigenvalue weighted by Gasteiger charge is 2.23. The molecule has 1 N–H and O–H groups in total. The Morgan fingerprint density at radius 2 is 2.05 bits per heavy atom. The number of nitrogens with zero attached hydrogens (tertiary/aromatic N) is 1. The molecule has 1 aliphatic carbocycles. The van der Waals surface area contributed by atoms with Crippen molar-refractivity contribution in [2.75, 3.05) is 20.1 Å². The molecule has 1 aliphatic heterocycles. The van der Waals surface area contributed by atoms with Crippen molar-refractivity contribution >= 4 is 17.2 Å². The SMILES string of the molecule is CN1CCC(NC(=O)c2csc3c2CCCC3)CC1. The first-order valence-corrected chi connectivity index (χ1v) is 8.20. The average Bonchev–Trinajstić information content (AvgIpc) is 2.85. The molecule has 0 atom stereocenters. The normalized spacial score (nSPS) is 21.1. The molecule has 0 aromatic carbocycles. The maximum Gasteiger partial charge on any atom is 0.252 e. The molecule has 104 valence electrons. The van der Waals surface area contributed by atoms with Crippen molar-refractivity contribution in [3.05, 3.63) is 21.4 Å². The van der Waals surface area contributed by atoms with Gasteiger partial charge in [-0.2, -0.15) is 0 Å². The van der Waals surface area contributed by atoms with Gasteiger partial charge in [0.15, 0.2) is 0 Å². The van der Waals surface area contributed by atoms with Gasteiger partial charge in [-0.25, -0.2) is 0 Å². The summed E-state index contributed by atoms with van der Waals surface area (Å²) < 4.78 is 0. The molecule has 19 heavy (non-hydrogen) atoms. The Bertz CT molecular complexity index is 461. The third kappa shape index (κ3) is 2.84. The van der Waals surface area contributed by atoms with Crippen LogP contribution in [0, 0.1) is 0 Å². The number of hydrogen-bond acceptors (Lipinski definition) is 3. The highest BCUT2D eigenvalue weighted by molar-refractivity contribution is 7.10. The van der Waals surface area contributed by atoms with Gasteiger partial charge in [0.1, 0.15) is 0 Å². The van der Waals surface area contributed by atoms with Gasteiger partial charge >= 0.3 is 0 Å². The molecule has 2 aliphatic rings. The standard InChI is InChI=1S/C15H22N2OS/c1-17-8-6-11(7-9-17)16-15(18)13-10-19-14-5-3-2-4-12(13)14/h10-11H,2-9H2,1H3,(H,16,18). The van der Waals surface area contributed by atoms with Gasteiger partial charge in [0, 0.05) is 16.3 Å². The number of likely N-dealkylation sites (tertiary alicyclic amines) is 1. The van der Waals surface area contributed by atoms with E-state index in [1.807, 2.05) is 0 Å². The van der Waals surface area contributed by atoms with Crippen LogP contribution in [0.15, 0.2) is 5.38 Å². The molecule has 0 spiro atoms. The Kier molecular flexibility index (Phi) is 3.89. The Labute approximate surface area is 119 Å². The van der Waals surface area contributed by atoms with E-state index in [0.717, 1.165) is 37.9 Å². The van der Waals surface area contributed by atoms with Crippen molar-refractivity contribution in [2.45, 2.75) is 44.6 Å². The van der Waals surface area contributed by atoms with Crippen molar-refractivity contribution in [3.8, 4) is 0 Å². The number of fused-ring (bicyclic) bond motifs is 1. The Balaban J connectivity index is 1.65.